The van der Waals surface area contributed by atoms with Crippen molar-refractivity contribution in [3.63, 3.8) is 0 Å². The Hall–Kier alpha value is -0.703. The number of rotatable bonds is 7. The topological polar surface area (TPSA) is 0 Å². The van der Waals surface area contributed by atoms with Crippen LogP contribution in [-0.2, 0) is 0 Å². The molecular weight excluding hydrogens is 354 g/mol. The number of halogens is 2. The van der Waals surface area contributed by atoms with Crippen molar-refractivity contribution in [3.05, 3.63) is 35.4 Å². The van der Waals surface area contributed by atoms with Crippen LogP contribution in [0.3, 0.4) is 0 Å². The smallest absolute Gasteiger partial charge is 0.159 e. The van der Waals surface area contributed by atoms with Gasteiger partial charge < -0.3 is 0 Å². The quantitative estimate of drug-likeness (QED) is 0.413. The van der Waals surface area contributed by atoms with E-state index >= 15 is 0 Å². The molecule has 0 bridgehead atoms. The standard InChI is InChI=1S/C24H37F2Si/c1-18(2)11-14-27-15-12-20(13-16-27)4-3-19-5-7-21(8-6-19)22-9-10-23(25)24(26)17-22/h9-10,17-21H,3-8,11-16H2,1-2H3. The minimum absolute atomic E-state index is 0.0193. The van der Waals surface area contributed by atoms with Crippen molar-refractivity contribution in [1.82, 2.24) is 0 Å². The molecule has 151 valence electrons. The summed E-state index contributed by atoms with van der Waals surface area (Å²) in [7, 11) is -0.0193. The summed E-state index contributed by atoms with van der Waals surface area (Å²) in [6.07, 6.45) is 12.1. The number of benzene rings is 1. The van der Waals surface area contributed by atoms with Crippen LogP contribution in [0.1, 0.15) is 83.1 Å². The van der Waals surface area contributed by atoms with Crippen molar-refractivity contribution >= 4 is 8.80 Å². The van der Waals surface area contributed by atoms with Gasteiger partial charge in [-0.2, -0.15) is 0 Å². The molecule has 1 aromatic rings. The van der Waals surface area contributed by atoms with E-state index < -0.39 is 11.6 Å². The average molecular weight is 392 g/mol. The summed E-state index contributed by atoms with van der Waals surface area (Å²) >= 11 is 0. The van der Waals surface area contributed by atoms with E-state index in [1.165, 1.54) is 57.1 Å². The Bertz CT molecular complexity index is 570. The van der Waals surface area contributed by atoms with E-state index in [1.54, 1.807) is 24.2 Å². The lowest BCUT2D eigenvalue weighted by molar-refractivity contribution is 0.280. The van der Waals surface area contributed by atoms with E-state index in [-0.39, 0.29) is 8.80 Å². The molecule has 27 heavy (non-hydrogen) atoms. The first-order valence-electron chi connectivity index (χ1n) is 11.3. The fraction of sp³-hybridized carbons (Fsp3) is 0.750. The van der Waals surface area contributed by atoms with Crippen molar-refractivity contribution in [2.45, 2.75) is 95.7 Å². The highest BCUT2D eigenvalue weighted by molar-refractivity contribution is 6.58. The highest BCUT2D eigenvalue weighted by Gasteiger charge is 2.26. The molecule has 1 aliphatic carbocycles. The maximum atomic E-state index is 13.5. The molecule has 0 spiro atoms. The minimum atomic E-state index is -0.728. The fourth-order valence-electron chi connectivity index (χ4n) is 5.14. The maximum Gasteiger partial charge on any atom is 0.159 e. The Morgan fingerprint density at radius 2 is 1.52 bits per heavy atom. The zero-order valence-electron chi connectivity index (χ0n) is 17.3. The van der Waals surface area contributed by atoms with E-state index in [0.717, 1.165) is 36.2 Å². The molecule has 0 unspecified atom stereocenters. The Kier molecular flexibility index (Phi) is 7.93. The van der Waals surface area contributed by atoms with Crippen LogP contribution in [0.15, 0.2) is 18.2 Å². The van der Waals surface area contributed by atoms with Crippen molar-refractivity contribution in [1.29, 1.82) is 0 Å². The molecule has 0 nitrogen and oxygen atoms in total. The lowest BCUT2D eigenvalue weighted by Gasteiger charge is -2.32. The van der Waals surface area contributed by atoms with Gasteiger partial charge in [0.15, 0.2) is 11.6 Å². The third-order valence-corrected chi connectivity index (χ3v) is 10.1. The number of hydrogen-bond donors (Lipinski definition) is 0. The summed E-state index contributed by atoms with van der Waals surface area (Å²) in [5.41, 5.74) is 0.996. The predicted molar refractivity (Wildman–Crippen MR) is 113 cm³/mol. The van der Waals surface area contributed by atoms with E-state index in [1.807, 2.05) is 0 Å². The number of hydrogen-bond acceptors (Lipinski definition) is 0. The molecule has 3 heteroatoms. The van der Waals surface area contributed by atoms with Crippen LogP contribution < -0.4 is 0 Å². The van der Waals surface area contributed by atoms with E-state index in [4.69, 9.17) is 0 Å². The molecule has 1 heterocycles. The minimum Gasteiger partial charge on any atom is -0.204 e. The predicted octanol–water partition coefficient (Wildman–Crippen LogP) is 7.97. The Labute approximate surface area is 166 Å². The van der Waals surface area contributed by atoms with Crippen LogP contribution in [0.25, 0.3) is 0 Å². The van der Waals surface area contributed by atoms with Gasteiger partial charge in [0.05, 0.1) is 0 Å². The Morgan fingerprint density at radius 1 is 0.889 bits per heavy atom. The largest absolute Gasteiger partial charge is 0.204 e. The van der Waals surface area contributed by atoms with E-state index in [2.05, 4.69) is 13.8 Å². The van der Waals surface area contributed by atoms with E-state index in [0.29, 0.717) is 5.92 Å². The highest BCUT2D eigenvalue weighted by atomic mass is 28.3. The molecule has 1 aliphatic heterocycles. The van der Waals surface area contributed by atoms with Crippen LogP contribution >= 0.6 is 0 Å². The van der Waals surface area contributed by atoms with Crippen molar-refractivity contribution < 1.29 is 8.78 Å². The summed E-state index contributed by atoms with van der Waals surface area (Å²) in [4.78, 5) is 0. The molecule has 2 fully saturated rings. The van der Waals surface area contributed by atoms with Gasteiger partial charge in [0, 0.05) is 8.80 Å². The second-order valence-corrected chi connectivity index (χ2v) is 12.6. The molecule has 0 atom stereocenters. The molecule has 1 aromatic carbocycles. The second kappa shape index (κ2) is 10.2. The van der Waals surface area contributed by atoms with E-state index in [9.17, 15) is 8.78 Å². The molecule has 0 N–H and O–H groups in total. The monoisotopic (exact) mass is 391 g/mol. The van der Waals surface area contributed by atoms with Gasteiger partial charge in [0.2, 0.25) is 0 Å². The van der Waals surface area contributed by atoms with Gasteiger partial charge in [-0.05, 0) is 67.1 Å². The van der Waals surface area contributed by atoms with Crippen LogP contribution in [0.5, 0.6) is 0 Å². The van der Waals surface area contributed by atoms with Gasteiger partial charge in [-0.1, -0.05) is 70.2 Å². The van der Waals surface area contributed by atoms with Gasteiger partial charge >= 0.3 is 0 Å². The van der Waals surface area contributed by atoms with Crippen LogP contribution in [0.4, 0.5) is 8.78 Å². The molecular formula is C24H37F2Si. The SMILES string of the molecule is CC(C)CC[Si]1CCC(CCC2CCC(c3ccc(F)c(F)c3)CC2)CC1. The first kappa shape index (κ1) is 21.0. The maximum absolute atomic E-state index is 13.5. The summed E-state index contributed by atoms with van der Waals surface area (Å²) in [6.45, 7) is 4.71. The van der Waals surface area contributed by atoms with Gasteiger partial charge in [-0.15, -0.1) is 0 Å². The van der Waals surface area contributed by atoms with Crippen LogP contribution in [0.2, 0.25) is 18.1 Å². The van der Waals surface area contributed by atoms with Gasteiger partial charge in [-0.25, -0.2) is 8.78 Å². The molecule has 1 saturated carbocycles. The molecule has 0 aromatic heterocycles. The fourth-order valence-corrected chi connectivity index (χ4v) is 8.51. The molecule has 0 amide bonds. The lowest BCUT2D eigenvalue weighted by Crippen LogP contribution is -2.22. The zero-order valence-corrected chi connectivity index (χ0v) is 18.3. The zero-order chi connectivity index (χ0) is 19.2. The lowest BCUT2D eigenvalue weighted by atomic mass is 9.76. The summed E-state index contributed by atoms with van der Waals surface area (Å²) < 4.78 is 26.6. The van der Waals surface area contributed by atoms with Crippen molar-refractivity contribution in [2.75, 3.05) is 0 Å². The van der Waals surface area contributed by atoms with Gasteiger partial charge in [-0.3, -0.25) is 0 Å². The molecule has 2 aliphatic rings. The summed E-state index contributed by atoms with van der Waals surface area (Å²) in [5.74, 6) is 1.73. The molecule has 3 rings (SSSR count). The van der Waals surface area contributed by atoms with Gasteiger partial charge in [0.25, 0.3) is 0 Å². The van der Waals surface area contributed by atoms with Crippen molar-refractivity contribution in [3.8, 4) is 0 Å². The highest BCUT2D eigenvalue weighted by Crippen LogP contribution is 2.39. The molecule has 1 saturated heterocycles. The summed E-state index contributed by atoms with van der Waals surface area (Å²) in [5, 5.41) is 0. The Morgan fingerprint density at radius 3 is 2.11 bits per heavy atom. The van der Waals surface area contributed by atoms with Crippen molar-refractivity contribution in [2.24, 2.45) is 17.8 Å². The first-order valence-corrected chi connectivity index (χ1v) is 13.4. The first-order chi connectivity index (χ1) is 13.0. The van der Waals surface area contributed by atoms with Crippen LogP contribution in [-0.4, -0.2) is 8.80 Å². The molecule has 1 radical (unpaired) electrons. The van der Waals surface area contributed by atoms with Gasteiger partial charge in [0.1, 0.15) is 0 Å². The van der Waals surface area contributed by atoms with Crippen LogP contribution in [0, 0.1) is 29.4 Å². The third kappa shape index (κ3) is 6.41. The normalized spacial score (nSPS) is 25.2. The summed E-state index contributed by atoms with van der Waals surface area (Å²) in [6, 6.07) is 9.15. The Balaban J connectivity index is 1.34. The average Bonchev–Trinajstić information content (AvgIpc) is 2.68. The third-order valence-electron chi connectivity index (χ3n) is 7.13. The second-order valence-electron chi connectivity index (χ2n) is 9.59.